The van der Waals surface area contributed by atoms with Crippen molar-refractivity contribution in [3.05, 3.63) is 24.8 Å². The SMILES string of the molecule is C=CC1CC=CC(O)C1. The predicted octanol–water partition coefficient (Wildman–Crippen LogP) is 1.50. The van der Waals surface area contributed by atoms with Crippen molar-refractivity contribution in [2.75, 3.05) is 0 Å². The van der Waals surface area contributed by atoms with Gasteiger partial charge in [0.05, 0.1) is 6.10 Å². The molecular formula is C8H12O. The second-order valence-corrected chi connectivity index (χ2v) is 2.46. The van der Waals surface area contributed by atoms with Crippen LogP contribution in [0.5, 0.6) is 0 Å². The zero-order valence-electron chi connectivity index (χ0n) is 5.46. The van der Waals surface area contributed by atoms with Crippen LogP contribution in [0.1, 0.15) is 12.8 Å². The first-order chi connectivity index (χ1) is 4.33. The molecular weight excluding hydrogens is 112 g/mol. The molecule has 1 nitrogen and oxygen atoms in total. The molecule has 0 spiro atoms. The van der Waals surface area contributed by atoms with Crippen molar-refractivity contribution in [3.63, 3.8) is 0 Å². The number of hydrogen-bond donors (Lipinski definition) is 1. The predicted molar refractivity (Wildman–Crippen MR) is 38.1 cm³/mol. The van der Waals surface area contributed by atoms with Gasteiger partial charge in [-0.25, -0.2) is 0 Å². The van der Waals surface area contributed by atoms with E-state index in [0.717, 1.165) is 12.8 Å². The van der Waals surface area contributed by atoms with Gasteiger partial charge in [-0.1, -0.05) is 18.2 Å². The van der Waals surface area contributed by atoms with Gasteiger partial charge < -0.3 is 5.11 Å². The summed E-state index contributed by atoms with van der Waals surface area (Å²) in [7, 11) is 0. The van der Waals surface area contributed by atoms with E-state index in [2.05, 4.69) is 6.58 Å². The minimum atomic E-state index is -0.234. The lowest BCUT2D eigenvalue weighted by Gasteiger charge is -2.17. The number of hydrogen-bond acceptors (Lipinski definition) is 1. The standard InChI is InChI=1S/C8H12O/c1-2-7-4-3-5-8(9)6-7/h2-3,5,7-9H,1,4,6H2. The highest BCUT2D eigenvalue weighted by Crippen LogP contribution is 2.18. The minimum Gasteiger partial charge on any atom is -0.389 e. The quantitative estimate of drug-likeness (QED) is 0.525. The first-order valence-electron chi connectivity index (χ1n) is 3.30. The summed E-state index contributed by atoms with van der Waals surface area (Å²) in [5, 5.41) is 9.08. The number of aliphatic hydroxyl groups is 1. The van der Waals surface area contributed by atoms with Crippen molar-refractivity contribution in [2.24, 2.45) is 5.92 Å². The highest BCUT2D eigenvalue weighted by molar-refractivity contribution is 5.00. The van der Waals surface area contributed by atoms with Crippen molar-refractivity contribution in [3.8, 4) is 0 Å². The van der Waals surface area contributed by atoms with Crippen molar-refractivity contribution < 1.29 is 5.11 Å². The van der Waals surface area contributed by atoms with Crippen LogP contribution in [0.4, 0.5) is 0 Å². The Balaban J connectivity index is 2.46. The molecule has 0 saturated heterocycles. The van der Waals surface area contributed by atoms with E-state index >= 15 is 0 Å². The van der Waals surface area contributed by atoms with Crippen LogP contribution in [-0.4, -0.2) is 11.2 Å². The van der Waals surface area contributed by atoms with Crippen LogP contribution in [0.25, 0.3) is 0 Å². The Morgan fingerprint density at radius 3 is 2.89 bits per heavy atom. The molecule has 0 heterocycles. The van der Waals surface area contributed by atoms with Gasteiger partial charge in [0.2, 0.25) is 0 Å². The fraction of sp³-hybridized carbons (Fsp3) is 0.500. The summed E-state index contributed by atoms with van der Waals surface area (Å²) in [6.45, 7) is 3.67. The van der Waals surface area contributed by atoms with Crippen LogP contribution in [0.3, 0.4) is 0 Å². The van der Waals surface area contributed by atoms with E-state index in [9.17, 15) is 0 Å². The van der Waals surface area contributed by atoms with Gasteiger partial charge in [0.15, 0.2) is 0 Å². The van der Waals surface area contributed by atoms with Gasteiger partial charge in [-0.3, -0.25) is 0 Å². The Labute approximate surface area is 55.7 Å². The molecule has 0 radical (unpaired) electrons. The second kappa shape index (κ2) is 2.83. The van der Waals surface area contributed by atoms with E-state index in [1.165, 1.54) is 0 Å². The maximum Gasteiger partial charge on any atom is 0.0726 e. The van der Waals surface area contributed by atoms with Gasteiger partial charge in [-0.05, 0) is 18.8 Å². The molecule has 1 rings (SSSR count). The van der Waals surface area contributed by atoms with E-state index in [1.54, 1.807) is 0 Å². The molecule has 1 aliphatic rings. The van der Waals surface area contributed by atoms with Gasteiger partial charge in [0.1, 0.15) is 0 Å². The lowest BCUT2D eigenvalue weighted by atomic mass is 9.93. The number of aliphatic hydroxyl groups excluding tert-OH is 1. The number of rotatable bonds is 1. The first-order valence-corrected chi connectivity index (χ1v) is 3.30. The van der Waals surface area contributed by atoms with E-state index in [-0.39, 0.29) is 6.10 Å². The highest BCUT2D eigenvalue weighted by atomic mass is 16.3. The molecule has 1 heteroatoms. The fourth-order valence-corrected chi connectivity index (χ4v) is 1.09. The summed E-state index contributed by atoms with van der Waals surface area (Å²) < 4.78 is 0. The van der Waals surface area contributed by atoms with Gasteiger partial charge in [0, 0.05) is 0 Å². The summed E-state index contributed by atoms with van der Waals surface area (Å²) >= 11 is 0. The molecule has 0 aromatic carbocycles. The average molecular weight is 124 g/mol. The van der Waals surface area contributed by atoms with Crippen LogP contribution < -0.4 is 0 Å². The fourth-order valence-electron chi connectivity index (χ4n) is 1.09. The molecule has 9 heavy (non-hydrogen) atoms. The Morgan fingerprint density at radius 1 is 1.67 bits per heavy atom. The molecule has 0 fully saturated rings. The lowest BCUT2D eigenvalue weighted by Crippen LogP contribution is -2.12. The summed E-state index contributed by atoms with van der Waals surface area (Å²) in [6, 6.07) is 0. The van der Waals surface area contributed by atoms with Gasteiger partial charge in [-0.2, -0.15) is 0 Å². The summed E-state index contributed by atoms with van der Waals surface area (Å²) in [5.41, 5.74) is 0. The molecule has 2 unspecified atom stereocenters. The van der Waals surface area contributed by atoms with Crippen LogP contribution >= 0.6 is 0 Å². The van der Waals surface area contributed by atoms with Crippen molar-refractivity contribution in [2.45, 2.75) is 18.9 Å². The zero-order chi connectivity index (χ0) is 6.69. The third-order valence-corrected chi connectivity index (χ3v) is 1.67. The molecule has 0 amide bonds. The normalized spacial score (nSPS) is 34.3. The maximum atomic E-state index is 9.08. The van der Waals surface area contributed by atoms with E-state index in [1.807, 2.05) is 18.2 Å². The third kappa shape index (κ3) is 1.68. The number of allylic oxidation sites excluding steroid dienone is 2. The van der Waals surface area contributed by atoms with Crippen LogP contribution in [-0.2, 0) is 0 Å². The van der Waals surface area contributed by atoms with E-state index in [0.29, 0.717) is 5.92 Å². The Bertz CT molecular complexity index is 127. The van der Waals surface area contributed by atoms with Crippen LogP contribution in [0, 0.1) is 5.92 Å². The van der Waals surface area contributed by atoms with Crippen LogP contribution in [0.2, 0.25) is 0 Å². The van der Waals surface area contributed by atoms with E-state index in [4.69, 9.17) is 5.11 Å². The second-order valence-electron chi connectivity index (χ2n) is 2.46. The van der Waals surface area contributed by atoms with E-state index < -0.39 is 0 Å². The molecule has 0 aromatic heterocycles. The summed E-state index contributed by atoms with van der Waals surface area (Å²) in [5.74, 6) is 0.491. The molecule has 0 saturated carbocycles. The minimum absolute atomic E-state index is 0.234. The Hall–Kier alpha value is -0.560. The van der Waals surface area contributed by atoms with Crippen molar-refractivity contribution >= 4 is 0 Å². The van der Waals surface area contributed by atoms with Gasteiger partial charge in [0.25, 0.3) is 0 Å². The van der Waals surface area contributed by atoms with Crippen molar-refractivity contribution in [1.82, 2.24) is 0 Å². The molecule has 0 bridgehead atoms. The maximum absolute atomic E-state index is 9.08. The van der Waals surface area contributed by atoms with Crippen molar-refractivity contribution in [1.29, 1.82) is 0 Å². The Morgan fingerprint density at radius 2 is 2.44 bits per heavy atom. The monoisotopic (exact) mass is 124 g/mol. The molecule has 0 aromatic rings. The highest BCUT2D eigenvalue weighted by Gasteiger charge is 2.11. The molecule has 1 N–H and O–H groups in total. The van der Waals surface area contributed by atoms with Crippen LogP contribution in [0.15, 0.2) is 24.8 Å². The first kappa shape index (κ1) is 6.56. The third-order valence-electron chi connectivity index (χ3n) is 1.67. The average Bonchev–Trinajstić information content (AvgIpc) is 1.88. The molecule has 2 atom stereocenters. The largest absolute Gasteiger partial charge is 0.389 e. The zero-order valence-corrected chi connectivity index (χ0v) is 5.46. The smallest absolute Gasteiger partial charge is 0.0726 e. The van der Waals surface area contributed by atoms with Gasteiger partial charge >= 0.3 is 0 Å². The summed E-state index contributed by atoms with van der Waals surface area (Å²) in [6.07, 6.45) is 7.43. The molecule has 1 aliphatic carbocycles. The van der Waals surface area contributed by atoms with Gasteiger partial charge in [-0.15, -0.1) is 6.58 Å². The summed E-state index contributed by atoms with van der Waals surface area (Å²) in [4.78, 5) is 0. The Kier molecular flexibility index (Phi) is 2.06. The molecule has 0 aliphatic heterocycles. The topological polar surface area (TPSA) is 20.2 Å². The molecule has 50 valence electrons. The lowest BCUT2D eigenvalue weighted by molar-refractivity contribution is 0.190.